The fourth-order valence-corrected chi connectivity index (χ4v) is 5.95. The van der Waals surface area contributed by atoms with Gasteiger partial charge in [-0.15, -0.1) is 0 Å². The zero-order valence-corrected chi connectivity index (χ0v) is 13.5. The molecule has 2 aliphatic heterocycles. The number of carbonyl (C=O) groups excluding carboxylic acids is 2. The van der Waals surface area contributed by atoms with Crippen molar-refractivity contribution in [3.8, 4) is 0 Å². The van der Waals surface area contributed by atoms with Crippen molar-refractivity contribution in [2.24, 2.45) is 22.7 Å². The molecule has 2 aliphatic carbocycles. The number of fused-ring (bicyclic) bond motifs is 2. The first kappa shape index (κ1) is 14.5. The summed E-state index contributed by atoms with van der Waals surface area (Å²) in [6, 6.07) is 0. The van der Waals surface area contributed by atoms with Gasteiger partial charge in [0.05, 0.1) is 25.0 Å². The number of esters is 2. The van der Waals surface area contributed by atoms with Gasteiger partial charge in [0.2, 0.25) is 0 Å². The van der Waals surface area contributed by atoms with Crippen LogP contribution < -0.4 is 0 Å². The molecule has 5 heteroatoms. The van der Waals surface area contributed by atoms with Gasteiger partial charge in [-0.3, -0.25) is 9.59 Å². The van der Waals surface area contributed by atoms with Gasteiger partial charge in [-0.2, -0.15) is 0 Å². The number of ether oxygens (including phenoxy) is 3. The smallest absolute Gasteiger partial charge is 0.311 e. The van der Waals surface area contributed by atoms with E-state index in [4.69, 9.17) is 14.2 Å². The summed E-state index contributed by atoms with van der Waals surface area (Å²) < 4.78 is 16.5. The van der Waals surface area contributed by atoms with Crippen molar-refractivity contribution in [1.82, 2.24) is 0 Å². The van der Waals surface area contributed by atoms with Gasteiger partial charge in [0, 0.05) is 5.92 Å². The first-order valence-electron chi connectivity index (χ1n) is 8.29. The lowest BCUT2D eigenvalue weighted by Gasteiger charge is -2.57. The zero-order chi connectivity index (χ0) is 15.8. The van der Waals surface area contributed by atoms with E-state index in [0.29, 0.717) is 13.0 Å². The molecule has 0 N–H and O–H groups in total. The average Bonchev–Trinajstić information content (AvgIpc) is 3.19. The van der Waals surface area contributed by atoms with Gasteiger partial charge in [0.1, 0.15) is 12.2 Å². The Kier molecular flexibility index (Phi) is 2.80. The predicted molar refractivity (Wildman–Crippen MR) is 76.9 cm³/mol. The van der Waals surface area contributed by atoms with Crippen LogP contribution in [0, 0.1) is 22.7 Å². The summed E-state index contributed by atoms with van der Waals surface area (Å²) >= 11 is 0. The van der Waals surface area contributed by atoms with Gasteiger partial charge in [-0.1, -0.05) is 13.3 Å². The van der Waals surface area contributed by atoms with Crippen LogP contribution in [-0.2, 0) is 23.8 Å². The van der Waals surface area contributed by atoms with E-state index in [1.165, 1.54) is 7.11 Å². The molecule has 0 radical (unpaired) electrons. The monoisotopic (exact) mass is 308 g/mol. The molecule has 1 spiro atoms. The minimum Gasteiger partial charge on any atom is -0.469 e. The van der Waals surface area contributed by atoms with E-state index >= 15 is 0 Å². The molecule has 2 saturated heterocycles. The van der Waals surface area contributed by atoms with Crippen molar-refractivity contribution in [1.29, 1.82) is 0 Å². The van der Waals surface area contributed by atoms with Gasteiger partial charge in [0.15, 0.2) is 0 Å². The number of epoxide rings is 1. The highest BCUT2D eigenvalue weighted by atomic mass is 16.6. The lowest BCUT2D eigenvalue weighted by atomic mass is 9.45. The molecular weight excluding hydrogens is 284 g/mol. The molecule has 0 aromatic rings. The third kappa shape index (κ3) is 1.58. The highest BCUT2D eigenvalue weighted by Crippen LogP contribution is 2.69. The first-order chi connectivity index (χ1) is 10.4. The van der Waals surface area contributed by atoms with E-state index in [1.54, 1.807) is 0 Å². The van der Waals surface area contributed by atoms with Crippen LogP contribution in [0.2, 0.25) is 0 Å². The third-order valence-electron chi connectivity index (χ3n) is 7.14. The average molecular weight is 308 g/mol. The quantitative estimate of drug-likeness (QED) is 0.548. The summed E-state index contributed by atoms with van der Waals surface area (Å²) in [7, 11) is 1.47. The second-order valence-electron chi connectivity index (χ2n) is 8.04. The molecule has 6 atom stereocenters. The van der Waals surface area contributed by atoms with Crippen molar-refractivity contribution in [2.45, 2.75) is 57.7 Å². The van der Waals surface area contributed by atoms with E-state index in [-0.39, 0.29) is 40.9 Å². The number of rotatable bonds is 1. The number of hydrogen-bond donors (Lipinski definition) is 0. The molecule has 4 fully saturated rings. The number of cyclic esters (lactones) is 1. The van der Waals surface area contributed by atoms with Crippen molar-refractivity contribution in [2.75, 3.05) is 13.7 Å². The molecule has 0 bridgehead atoms. The Bertz CT molecular complexity index is 545. The summed E-state index contributed by atoms with van der Waals surface area (Å²) in [5.41, 5.74) is -0.803. The van der Waals surface area contributed by atoms with Gasteiger partial charge < -0.3 is 14.2 Å². The first-order valence-corrected chi connectivity index (χ1v) is 8.29. The van der Waals surface area contributed by atoms with Crippen molar-refractivity contribution < 1.29 is 23.8 Å². The van der Waals surface area contributed by atoms with Crippen LogP contribution in [0.15, 0.2) is 0 Å². The van der Waals surface area contributed by atoms with Crippen LogP contribution in [0.5, 0.6) is 0 Å². The molecule has 0 amide bonds. The van der Waals surface area contributed by atoms with Crippen LogP contribution in [-0.4, -0.2) is 37.4 Å². The molecule has 122 valence electrons. The molecule has 0 unspecified atom stereocenters. The van der Waals surface area contributed by atoms with Crippen molar-refractivity contribution >= 4 is 11.9 Å². The van der Waals surface area contributed by atoms with Crippen LogP contribution in [0.25, 0.3) is 0 Å². The van der Waals surface area contributed by atoms with E-state index in [0.717, 1.165) is 25.7 Å². The van der Waals surface area contributed by atoms with Crippen molar-refractivity contribution in [3.63, 3.8) is 0 Å². The Morgan fingerprint density at radius 1 is 1.27 bits per heavy atom. The van der Waals surface area contributed by atoms with Crippen molar-refractivity contribution in [3.05, 3.63) is 0 Å². The van der Waals surface area contributed by atoms with E-state index in [9.17, 15) is 9.59 Å². The lowest BCUT2D eigenvalue weighted by molar-refractivity contribution is -0.181. The maximum atomic E-state index is 12.5. The minimum atomic E-state index is -0.471. The Labute approximate surface area is 130 Å². The Balaban J connectivity index is 1.75. The lowest BCUT2D eigenvalue weighted by Crippen LogP contribution is -2.60. The minimum absolute atomic E-state index is 0.0619. The second kappa shape index (κ2) is 4.25. The highest BCUT2D eigenvalue weighted by molar-refractivity contribution is 5.77. The van der Waals surface area contributed by atoms with Gasteiger partial charge in [0.25, 0.3) is 0 Å². The van der Waals surface area contributed by atoms with E-state index in [2.05, 4.69) is 6.92 Å². The fraction of sp³-hybridized carbons (Fsp3) is 0.882. The second-order valence-corrected chi connectivity index (χ2v) is 8.04. The molecule has 4 aliphatic rings. The zero-order valence-electron chi connectivity index (χ0n) is 13.5. The maximum absolute atomic E-state index is 12.5. The van der Waals surface area contributed by atoms with Gasteiger partial charge in [-0.05, 0) is 37.5 Å². The van der Waals surface area contributed by atoms with Crippen LogP contribution in [0.4, 0.5) is 0 Å². The molecule has 4 rings (SSSR count). The molecule has 2 heterocycles. The van der Waals surface area contributed by atoms with Crippen LogP contribution in [0.1, 0.15) is 46.0 Å². The summed E-state index contributed by atoms with van der Waals surface area (Å²) in [5.74, 6) is 0.124. The molecule has 0 aromatic heterocycles. The van der Waals surface area contributed by atoms with E-state index in [1.807, 2.05) is 6.92 Å². The Hall–Kier alpha value is -1.10. The normalized spacial score (nSPS) is 52.7. The highest BCUT2D eigenvalue weighted by Gasteiger charge is 2.75. The number of carbonyl (C=O) groups is 2. The third-order valence-corrected chi connectivity index (χ3v) is 7.14. The number of hydrogen-bond acceptors (Lipinski definition) is 5. The van der Waals surface area contributed by atoms with E-state index < -0.39 is 5.41 Å². The van der Waals surface area contributed by atoms with Crippen LogP contribution >= 0.6 is 0 Å². The summed E-state index contributed by atoms with van der Waals surface area (Å²) in [6.07, 6.45) is 4.31. The fourth-order valence-electron chi connectivity index (χ4n) is 5.95. The Morgan fingerprint density at radius 2 is 2.05 bits per heavy atom. The van der Waals surface area contributed by atoms with Gasteiger partial charge in [-0.25, -0.2) is 0 Å². The standard InChI is InChI=1S/C17H24O5/c1-15-5-4-6-16(2,14(19)20-3)10(15)7-12-17(22-12)9-21-13(18)8-11(15)17/h10-12H,4-9H2,1-3H3/t10-,11-,12-,15+,16+,17+/m1/s1. The predicted octanol–water partition coefficient (Wildman–Crippen LogP) is 2.08. The van der Waals surface area contributed by atoms with Gasteiger partial charge >= 0.3 is 11.9 Å². The maximum Gasteiger partial charge on any atom is 0.311 e. The topological polar surface area (TPSA) is 65.1 Å². The largest absolute Gasteiger partial charge is 0.469 e. The summed E-state index contributed by atoms with van der Waals surface area (Å²) in [5, 5.41) is 0. The molecule has 22 heavy (non-hydrogen) atoms. The Morgan fingerprint density at radius 3 is 2.77 bits per heavy atom. The summed E-state index contributed by atoms with van der Waals surface area (Å²) in [6.45, 7) is 4.68. The molecular formula is C17H24O5. The molecule has 5 nitrogen and oxygen atoms in total. The number of methoxy groups -OCH3 is 1. The SMILES string of the molecule is COC(=O)[C@@]1(C)CCC[C@]2(C)[C@H]3CC(=O)OC[C@]34O[C@@H]4C[C@H]21. The van der Waals surface area contributed by atoms with Crippen LogP contribution in [0.3, 0.4) is 0 Å². The summed E-state index contributed by atoms with van der Waals surface area (Å²) in [4.78, 5) is 24.4. The molecule has 2 saturated carbocycles. The molecule has 0 aromatic carbocycles.